The largest absolute Gasteiger partial charge is 0.481 e. The number of aromatic nitrogens is 2. The lowest BCUT2D eigenvalue weighted by molar-refractivity contribution is 0.305. The highest BCUT2D eigenvalue weighted by Crippen LogP contribution is 2.48. The monoisotopic (exact) mass is 227 g/mol. The normalized spacial score (nSPS) is 16.3. The molecule has 0 aromatic carbocycles. The highest BCUT2D eigenvalue weighted by Gasteiger charge is 2.50. The molecule has 15 heavy (non-hydrogen) atoms. The van der Waals surface area contributed by atoms with Crippen molar-refractivity contribution in [2.45, 2.75) is 25.2 Å². The van der Waals surface area contributed by atoms with Gasteiger partial charge in [0, 0.05) is 18.0 Å². The van der Waals surface area contributed by atoms with Gasteiger partial charge in [-0.1, -0.05) is 0 Å². The first kappa shape index (κ1) is 11.9. The van der Waals surface area contributed by atoms with Crippen LogP contribution >= 0.6 is 12.4 Å². The van der Waals surface area contributed by atoms with Crippen LogP contribution in [0.1, 0.15) is 25.3 Å². The highest BCUT2D eigenvalue weighted by molar-refractivity contribution is 5.88. The van der Waals surface area contributed by atoms with E-state index in [0.717, 1.165) is 18.4 Å². The minimum absolute atomic E-state index is 0. The number of ether oxygens (including phenoxy) is 1. The first-order chi connectivity index (χ1) is 6.79. The summed E-state index contributed by atoms with van der Waals surface area (Å²) in [6, 6.07) is 0. The first-order valence-corrected chi connectivity index (χ1v) is 4.77. The smallest absolute Gasteiger partial charge is 0.191 e. The zero-order valence-corrected chi connectivity index (χ0v) is 9.38. The molecule has 0 unspecified atom stereocenters. The van der Waals surface area contributed by atoms with Crippen LogP contribution in [0.2, 0.25) is 0 Å². The van der Waals surface area contributed by atoms with Gasteiger partial charge in [-0.25, -0.2) is 9.97 Å². The summed E-state index contributed by atoms with van der Waals surface area (Å²) < 4.78 is 5.25. The summed E-state index contributed by atoms with van der Waals surface area (Å²) in [6.45, 7) is 2.44. The number of nitrogens with zero attached hydrogens (tertiary/aromatic N) is 2. The molecule has 0 spiro atoms. The van der Waals surface area contributed by atoms with E-state index in [1.54, 1.807) is 12.4 Å². The summed E-state index contributed by atoms with van der Waals surface area (Å²) in [7, 11) is 0. The molecule has 1 fully saturated rings. The van der Waals surface area contributed by atoms with Gasteiger partial charge in [-0.3, -0.25) is 5.41 Å². The predicted octanol–water partition coefficient (Wildman–Crippen LogP) is 1.94. The Bertz CT molecular complexity index is 338. The topological polar surface area (TPSA) is 58.9 Å². The third-order valence-corrected chi connectivity index (χ3v) is 2.59. The number of halogens is 1. The molecule has 0 aliphatic heterocycles. The Labute approximate surface area is 95.0 Å². The van der Waals surface area contributed by atoms with Crippen LogP contribution in [0.3, 0.4) is 0 Å². The third kappa shape index (κ3) is 2.09. The molecular formula is C10H14ClN3O. The van der Waals surface area contributed by atoms with Crippen molar-refractivity contribution in [2.75, 3.05) is 6.61 Å². The fraction of sp³-hybridized carbons (Fsp3) is 0.500. The lowest BCUT2D eigenvalue weighted by Gasteiger charge is -2.15. The lowest BCUT2D eigenvalue weighted by Crippen LogP contribution is -2.22. The van der Waals surface area contributed by atoms with Gasteiger partial charge in [0.25, 0.3) is 0 Å². The van der Waals surface area contributed by atoms with Gasteiger partial charge in [-0.05, 0) is 19.8 Å². The second-order valence-electron chi connectivity index (χ2n) is 3.47. The van der Waals surface area contributed by atoms with Gasteiger partial charge >= 0.3 is 0 Å². The van der Waals surface area contributed by atoms with Crippen molar-refractivity contribution in [3.63, 3.8) is 0 Å². The van der Waals surface area contributed by atoms with Crippen molar-refractivity contribution < 1.29 is 4.74 Å². The van der Waals surface area contributed by atoms with Crippen LogP contribution in [-0.4, -0.2) is 22.5 Å². The Morgan fingerprint density at radius 2 is 2.07 bits per heavy atom. The maximum atomic E-state index is 7.81. The second-order valence-corrected chi connectivity index (χ2v) is 3.47. The van der Waals surface area contributed by atoms with Crippen LogP contribution in [0.4, 0.5) is 0 Å². The van der Waals surface area contributed by atoms with E-state index in [0.29, 0.717) is 12.5 Å². The maximum absolute atomic E-state index is 7.81. The molecule has 0 bridgehead atoms. The van der Waals surface area contributed by atoms with Gasteiger partial charge in [0.15, 0.2) is 5.90 Å². The van der Waals surface area contributed by atoms with E-state index in [2.05, 4.69) is 9.97 Å². The molecule has 1 N–H and O–H groups in total. The third-order valence-electron chi connectivity index (χ3n) is 2.59. The van der Waals surface area contributed by atoms with Crippen molar-refractivity contribution in [2.24, 2.45) is 0 Å². The Morgan fingerprint density at radius 1 is 1.47 bits per heavy atom. The second kappa shape index (κ2) is 4.57. The Hall–Kier alpha value is -1.16. The van der Waals surface area contributed by atoms with E-state index >= 15 is 0 Å². The van der Waals surface area contributed by atoms with Crippen molar-refractivity contribution in [1.29, 1.82) is 5.41 Å². The molecule has 82 valence electrons. The molecule has 0 atom stereocenters. The van der Waals surface area contributed by atoms with Crippen molar-refractivity contribution in [1.82, 2.24) is 9.97 Å². The average molecular weight is 228 g/mol. The molecule has 5 heteroatoms. The molecule has 2 rings (SSSR count). The number of hydrogen-bond acceptors (Lipinski definition) is 4. The van der Waals surface area contributed by atoms with Crippen LogP contribution in [0, 0.1) is 5.41 Å². The van der Waals surface area contributed by atoms with Crippen molar-refractivity contribution >= 4 is 18.3 Å². The minimum atomic E-state index is -0.211. The predicted molar refractivity (Wildman–Crippen MR) is 59.5 cm³/mol. The van der Waals surface area contributed by atoms with Crippen molar-refractivity contribution in [3.8, 4) is 0 Å². The standard InChI is InChI=1S/C10H13N3O.ClH/c1-2-14-9(11)10(3-4-10)8-5-12-7-13-6-8;/h5-7,11H,2-4H2,1H3;1H. The molecule has 0 amide bonds. The van der Waals surface area contributed by atoms with E-state index < -0.39 is 0 Å². The Balaban J connectivity index is 0.00000112. The van der Waals surface area contributed by atoms with Crippen LogP contribution in [0.25, 0.3) is 0 Å². The zero-order valence-electron chi connectivity index (χ0n) is 8.56. The SMILES string of the molecule is CCOC(=N)C1(c2cncnc2)CC1.Cl. The number of nitrogens with one attached hydrogen (secondary N) is 1. The minimum Gasteiger partial charge on any atom is -0.481 e. The fourth-order valence-corrected chi connectivity index (χ4v) is 1.60. The summed E-state index contributed by atoms with van der Waals surface area (Å²) in [6.07, 6.45) is 6.99. The Morgan fingerprint density at radius 3 is 2.53 bits per heavy atom. The molecule has 1 aliphatic rings. The molecule has 1 aliphatic carbocycles. The molecule has 0 saturated heterocycles. The van der Waals surface area contributed by atoms with Gasteiger partial charge in [0.2, 0.25) is 0 Å². The van der Waals surface area contributed by atoms with E-state index in [4.69, 9.17) is 10.1 Å². The van der Waals surface area contributed by atoms with E-state index in [1.165, 1.54) is 6.33 Å². The number of hydrogen-bond donors (Lipinski definition) is 1. The summed E-state index contributed by atoms with van der Waals surface area (Å²) in [5.41, 5.74) is 0.788. The van der Waals surface area contributed by atoms with E-state index in [1.807, 2.05) is 6.92 Å². The fourth-order valence-electron chi connectivity index (χ4n) is 1.60. The molecule has 1 heterocycles. The van der Waals surface area contributed by atoms with Gasteiger partial charge in [-0.15, -0.1) is 12.4 Å². The highest BCUT2D eigenvalue weighted by atomic mass is 35.5. The lowest BCUT2D eigenvalue weighted by atomic mass is 9.99. The van der Waals surface area contributed by atoms with Gasteiger partial charge in [0.1, 0.15) is 6.33 Å². The number of rotatable bonds is 3. The van der Waals surface area contributed by atoms with E-state index in [-0.39, 0.29) is 17.8 Å². The summed E-state index contributed by atoms with van der Waals surface area (Å²) in [5.74, 6) is 0.356. The molecule has 1 saturated carbocycles. The van der Waals surface area contributed by atoms with Gasteiger partial charge in [-0.2, -0.15) is 0 Å². The van der Waals surface area contributed by atoms with E-state index in [9.17, 15) is 0 Å². The maximum Gasteiger partial charge on any atom is 0.191 e. The van der Waals surface area contributed by atoms with Gasteiger partial charge in [0.05, 0.1) is 12.0 Å². The summed E-state index contributed by atoms with van der Waals surface area (Å²) in [5, 5.41) is 7.81. The zero-order chi connectivity index (χ0) is 10.0. The average Bonchev–Trinajstić information content (AvgIpc) is 3.00. The van der Waals surface area contributed by atoms with Crippen LogP contribution < -0.4 is 0 Å². The quantitative estimate of drug-likeness (QED) is 0.634. The van der Waals surface area contributed by atoms with Gasteiger partial charge < -0.3 is 4.74 Å². The molecule has 1 aromatic heterocycles. The van der Waals surface area contributed by atoms with Crippen LogP contribution in [0.5, 0.6) is 0 Å². The molecule has 0 radical (unpaired) electrons. The van der Waals surface area contributed by atoms with Crippen LogP contribution in [0.15, 0.2) is 18.7 Å². The summed E-state index contributed by atoms with van der Waals surface area (Å²) >= 11 is 0. The molecule has 4 nitrogen and oxygen atoms in total. The first-order valence-electron chi connectivity index (χ1n) is 4.77. The summed E-state index contributed by atoms with van der Waals surface area (Å²) in [4.78, 5) is 7.94. The molecular weight excluding hydrogens is 214 g/mol. The molecule has 1 aromatic rings. The van der Waals surface area contributed by atoms with Crippen LogP contribution in [-0.2, 0) is 10.2 Å². The van der Waals surface area contributed by atoms with Crippen molar-refractivity contribution in [3.05, 3.63) is 24.3 Å². The Kier molecular flexibility index (Phi) is 3.63.